The molecule has 0 N–H and O–H groups in total. The van der Waals surface area contributed by atoms with E-state index in [1.54, 1.807) is 18.5 Å². The van der Waals surface area contributed by atoms with Gasteiger partial charge in [-0.15, -0.1) is 0 Å². The number of nitrogens with zero attached hydrogens (tertiary/aromatic N) is 2. The molecule has 4 heteroatoms. The van der Waals surface area contributed by atoms with Crippen LogP contribution in [0.5, 0.6) is 0 Å². The zero-order chi connectivity index (χ0) is 7.94. The molecule has 0 unspecified atom stereocenters. The lowest BCUT2D eigenvalue weighted by Gasteiger charge is -1.97. The molecule has 3 nitrogen and oxygen atoms in total. The lowest BCUT2D eigenvalue weighted by Crippen LogP contribution is -1.86. The predicted octanol–water partition coefficient (Wildman–Crippen LogP) is 1.69. The highest BCUT2D eigenvalue weighted by atomic mass is 32.2. The Labute approximate surface area is 69.5 Å². The molecule has 0 aliphatic rings. The zero-order valence-corrected chi connectivity index (χ0v) is 6.75. The second kappa shape index (κ2) is 4.73. The highest BCUT2D eigenvalue weighted by Gasteiger charge is 1.92. The Morgan fingerprint density at radius 2 is 2.27 bits per heavy atom. The van der Waals surface area contributed by atoms with Crippen molar-refractivity contribution in [3.05, 3.63) is 31.3 Å². The second-order valence-electron chi connectivity index (χ2n) is 1.63. The Balaban J connectivity index is 2.33. The first-order valence-electron chi connectivity index (χ1n) is 3.06. The van der Waals surface area contributed by atoms with Gasteiger partial charge in [-0.3, -0.25) is 0 Å². The molecule has 0 bridgehead atoms. The molecule has 0 spiro atoms. The lowest BCUT2D eigenvalue weighted by molar-refractivity contribution is 0.318. The van der Waals surface area contributed by atoms with Crippen molar-refractivity contribution >= 4 is 11.8 Å². The maximum absolute atomic E-state index is 4.88. The highest BCUT2D eigenvalue weighted by Crippen LogP contribution is 2.10. The summed E-state index contributed by atoms with van der Waals surface area (Å²) < 4.78 is 4.88. The molecule has 1 rings (SSSR count). The summed E-state index contributed by atoms with van der Waals surface area (Å²) in [5, 5.41) is 0.717. The SMILES string of the molecule is C=COCSc1ncccn1. The van der Waals surface area contributed by atoms with E-state index in [4.69, 9.17) is 4.74 Å². The van der Waals surface area contributed by atoms with Gasteiger partial charge in [-0.1, -0.05) is 6.58 Å². The zero-order valence-electron chi connectivity index (χ0n) is 5.93. The average Bonchev–Trinajstić information content (AvgIpc) is 2.07. The molecule has 1 heterocycles. The first-order valence-corrected chi connectivity index (χ1v) is 4.04. The van der Waals surface area contributed by atoms with E-state index in [2.05, 4.69) is 16.5 Å². The average molecular weight is 168 g/mol. The van der Waals surface area contributed by atoms with E-state index < -0.39 is 0 Å². The van der Waals surface area contributed by atoms with Gasteiger partial charge in [0, 0.05) is 12.4 Å². The van der Waals surface area contributed by atoms with Gasteiger partial charge in [0.15, 0.2) is 5.16 Å². The Morgan fingerprint density at radius 3 is 2.91 bits per heavy atom. The summed E-state index contributed by atoms with van der Waals surface area (Å²) in [4.78, 5) is 7.98. The van der Waals surface area contributed by atoms with Crippen molar-refractivity contribution in [2.24, 2.45) is 0 Å². The minimum absolute atomic E-state index is 0.507. The van der Waals surface area contributed by atoms with Crippen molar-refractivity contribution in [1.29, 1.82) is 0 Å². The summed E-state index contributed by atoms with van der Waals surface area (Å²) in [6.45, 7) is 3.42. The minimum atomic E-state index is 0.507. The largest absolute Gasteiger partial charge is 0.491 e. The third-order valence-corrected chi connectivity index (χ3v) is 1.64. The van der Waals surface area contributed by atoms with Crippen LogP contribution >= 0.6 is 11.8 Å². The maximum atomic E-state index is 4.88. The molecule has 0 saturated heterocycles. The monoisotopic (exact) mass is 168 g/mol. The summed E-state index contributed by atoms with van der Waals surface area (Å²) in [7, 11) is 0. The van der Waals surface area contributed by atoms with E-state index >= 15 is 0 Å². The van der Waals surface area contributed by atoms with Crippen LogP contribution in [-0.2, 0) is 4.74 Å². The molecule has 0 radical (unpaired) electrons. The molecule has 1 aromatic heterocycles. The second-order valence-corrected chi connectivity index (χ2v) is 2.52. The predicted molar refractivity (Wildman–Crippen MR) is 44.0 cm³/mol. The van der Waals surface area contributed by atoms with Crippen molar-refractivity contribution in [3.8, 4) is 0 Å². The van der Waals surface area contributed by atoms with E-state index in [9.17, 15) is 0 Å². The van der Waals surface area contributed by atoms with E-state index in [1.807, 2.05) is 0 Å². The molecule has 0 amide bonds. The summed E-state index contributed by atoms with van der Waals surface area (Å²) in [5.74, 6) is 0.507. The van der Waals surface area contributed by atoms with Gasteiger partial charge >= 0.3 is 0 Å². The Morgan fingerprint density at radius 1 is 1.55 bits per heavy atom. The van der Waals surface area contributed by atoms with Crippen LogP contribution in [-0.4, -0.2) is 15.9 Å². The number of thioether (sulfide) groups is 1. The fraction of sp³-hybridized carbons (Fsp3) is 0.143. The number of rotatable bonds is 4. The van der Waals surface area contributed by atoms with Crippen molar-refractivity contribution in [2.75, 3.05) is 5.94 Å². The lowest BCUT2D eigenvalue weighted by atomic mass is 10.7. The fourth-order valence-corrected chi connectivity index (χ4v) is 1.04. The van der Waals surface area contributed by atoms with Crippen molar-refractivity contribution in [1.82, 2.24) is 9.97 Å². The van der Waals surface area contributed by atoms with Crippen molar-refractivity contribution in [2.45, 2.75) is 5.16 Å². The topological polar surface area (TPSA) is 35.0 Å². The first-order chi connectivity index (χ1) is 5.43. The molecular weight excluding hydrogens is 160 g/mol. The highest BCUT2D eigenvalue weighted by molar-refractivity contribution is 7.99. The van der Waals surface area contributed by atoms with Crippen LogP contribution in [0, 0.1) is 0 Å². The number of aromatic nitrogens is 2. The van der Waals surface area contributed by atoms with E-state index in [0.29, 0.717) is 11.1 Å². The molecular formula is C7H8N2OS. The number of ether oxygens (including phenoxy) is 1. The normalized spacial score (nSPS) is 9.09. The maximum Gasteiger partial charge on any atom is 0.190 e. The van der Waals surface area contributed by atoms with Gasteiger partial charge in [0.05, 0.1) is 6.26 Å². The van der Waals surface area contributed by atoms with Gasteiger partial charge in [0.25, 0.3) is 0 Å². The number of hydrogen-bond acceptors (Lipinski definition) is 4. The molecule has 0 saturated carbocycles. The molecule has 0 aliphatic carbocycles. The molecule has 0 aromatic carbocycles. The summed E-state index contributed by atoms with van der Waals surface area (Å²) >= 11 is 1.43. The van der Waals surface area contributed by atoms with Gasteiger partial charge in [0.1, 0.15) is 5.94 Å². The van der Waals surface area contributed by atoms with E-state index in [-0.39, 0.29) is 0 Å². The van der Waals surface area contributed by atoms with E-state index in [1.165, 1.54) is 18.0 Å². The van der Waals surface area contributed by atoms with Crippen molar-refractivity contribution < 1.29 is 4.74 Å². The summed E-state index contributed by atoms with van der Waals surface area (Å²) in [6.07, 6.45) is 4.79. The summed E-state index contributed by atoms with van der Waals surface area (Å²) in [6, 6.07) is 1.78. The Kier molecular flexibility index (Phi) is 3.47. The summed E-state index contributed by atoms with van der Waals surface area (Å²) in [5.41, 5.74) is 0. The molecule has 11 heavy (non-hydrogen) atoms. The van der Waals surface area contributed by atoms with Crippen LogP contribution < -0.4 is 0 Å². The molecule has 58 valence electrons. The molecule has 1 aromatic rings. The Hall–Kier alpha value is -1.03. The third-order valence-electron chi connectivity index (χ3n) is 0.916. The fourth-order valence-electron chi connectivity index (χ4n) is 0.495. The molecule has 0 fully saturated rings. The van der Waals surface area contributed by atoms with Crippen LogP contribution in [0.2, 0.25) is 0 Å². The van der Waals surface area contributed by atoms with Gasteiger partial charge in [-0.05, 0) is 17.8 Å². The van der Waals surface area contributed by atoms with Crippen LogP contribution in [0.1, 0.15) is 0 Å². The van der Waals surface area contributed by atoms with Crippen LogP contribution in [0.25, 0.3) is 0 Å². The Bertz CT molecular complexity index is 215. The van der Waals surface area contributed by atoms with E-state index in [0.717, 1.165) is 0 Å². The van der Waals surface area contributed by atoms with Gasteiger partial charge in [0.2, 0.25) is 0 Å². The first kappa shape index (κ1) is 8.07. The molecule has 0 aliphatic heterocycles. The van der Waals surface area contributed by atoms with Crippen LogP contribution in [0.15, 0.2) is 36.5 Å². The minimum Gasteiger partial charge on any atom is -0.491 e. The van der Waals surface area contributed by atoms with Gasteiger partial charge in [-0.25, -0.2) is 9.97 Å². The molecule has 0 atom stereocenters. The smallest absolute Gasteiger partial charge is 0.190 e. The van der Waals surface area contributed by atoms with Crippen molar-refractivity contribution in [3.63, 3.8) is 0 Å². The standard InChI is InChI=1S/C7H8N2OS/c1-2-10-6-11-7-8-4-3-5-9-7/h2-5H,1,6H2. The van der Waals surface area contributed by atoms with Gasteiger partial charge in [-0.2, -0.15) is 0 Å². The quantitative estimate of drug-likeness (QED) is 0.225. The number of hydrogen-bond donors (Lipinski definition) is 0. The van der Waals surface area contributed by atoms with Crippen LogP contribution in [0.3, 0.4) is 0 Å². The van der Waals surface area contributed by atoms with Gasteiger partial charge < -0.3 is 4.74 Å². The third kappa shape index (κ3) is 3.04. The van der Waals surface area contributed by atoms with Crippen LogP contribution in [0.4, 0.5) is 0 Å².